The highest BCUT2D eigenvalue weighted by Gasteiger charge is 2.75. The van der Waals surface area contributed by atoms with Crippen molar-refractivity contribution in [2.75, 3.05) is 31.5 Å². The van der Waals surface area contributed by atoms with E-state index in [1.807, 2.05) is 78.9 Å². The number of fused-ring (bicyclic) bond motifs is 11. The third kappa shape index (κ3) is 5.58. The van der Waals surface area contributed by atoms with E-state index in [9.17, 15) is 0 Å². The number of benzene rings is 5. The molecule has 0 bridgehead atoms. The lowest BCUT2D eigenvalue weighted by Gasteiger charge is -2.52. The molecule has 2 heterocycles. The third-order valence-electron chi connectivity index (χ3n) is 12.8. The lowest BCUT2D eigenvalue weighted by atomic mass is 9.52. The first kappa shape index (κ1) is 40.5. The van der Waals surface area contributed by atoms with Gasteiger partial charge in [-0.2, -0.15) is 26.3 Å². The number of ether oxygens (including phenoxy) is 3. The average molecular weight is 815 g/mol. The first-order valence-electron chi connectivity index (χ1n) is 19.3. The van der Waals surface area contributed by atoms with Gasteiger partial charge in [0.25, 0.3) is 0 Å². The summed E-state index contributed by atoms with van der Waals surface area (Å²) in [4.78, 5) is -0.0597. The molecule has 2 aliphatic heterocycles. The first-order chi connectivity index (χ1) is 27.2. The fraction of sp³-hybridized carbons (Fsp3) is 0.375. The summed E-state index contributed by atoms with van der Waals surface area (Å²) in [6.07, 6.45) is 6.49. The van der Waals surface area contributed by atoms with Crippen molar-refractivity contribution < 1.29 is 40.6 Å². The molecule has 0 saturated heterocycles. The van der Waals surface area contributed by atoms with Crippen molar-refractivity contribution in [1.29, 1.82) is 0 Å². The number of rotatable bonds is 4. The molecular formula is C48H48F6N2O3. The molecule has 5 aromatic carbocycles. The first-order valence-corrected chi connectivity index (χ1v) is 19.3. The zero-order valence-electron chi connectivity index (χ0n) is 33.3. The summed E-state index contributed by atoms with van der Waals surface area (Å²) in [6.45, 7) is 9.04. The van der Waals surface area contributed by atoms with Crippen LogP contribution in [0.4, 0.5) is 37.7 Å². The number of nitrogens with zero attached hydrogens (tertiary/aromatic N) is 1. The van der Waals surface area contributed by atoms with E-state index in [2.05, 4.69) is 33.8 Å². The Kier molecular flexibility index (Phi) is 8.80. The number of methoxy groups -OCH3 is 2. The van der Waals surface area contributed by atoms with Crippen molar-refractivity contribution in [3.63, 3.8) is 0 Å². The number of halogens is 6. The van der Waals surface area contributed by atoms with Crippen LogP contribution in [0.5, 0.6) is 17.2 Å². The van der Waals surface area contributed by atoms with Crippen LogP contribution in [0.1, 0.15) is 82.2 Å². The van der Waals surface area contributed by atoms with Crippen molar-refractivity contribution in [2.24, 2.45) is 10.8 Å². The van der Waals surface area contributed by atoms with Crippen molar-refractivity contribution in [2.45, 2.75) is 83.4 Å². The minimum absolute atomic E-state index is 0. The Balaban J connectivity index is 0.00000484. The maximum atomic E-state index is 15.6. The number of anilines is 2. The van der Waals surface area contributed by atoms with Crippen LogP contribution in [0.3, 0.4) is 0 Å². The second-order valence-electron chi connectivity index (χ2n) is 17.9. The second kappa shape index (κ2) is 12.8. The van der Waals surface area contributed by atoms with Crippen molar-refractivity contribution in [1.82, 2.24) is 0 Å². The molecular weight excluding hydrogens is 767 g/mol. The van der Waals surface area contributed by atoms with Crippen molar-refractivity contribution in [3.8, 4) is 28.4 Å². The maximum absolute atomic E-state index is 15.6. The van der Waals surface area contributed by atoms with E-state index in [4.69, 9.17) is 14.2 Å². The molecule has 0 radical (unpaired) electrons. The van der Waals surface area contributed by atoms with Gasteiger partial charge in [0, 0.05) is 34.5 Å². The van der Waals surface area contributed by atoms with Crippen molar-refractivity contribution in [3.05, 3.63) is 119 Å². The molecule has 310 valence electrons. The topological polar surface area (TPSA) is 43.0 Å². The van der Waals surface area contributed by atoms with Crippen LogP contribution < -0.4 is 24.4 Å². The van der Waals surface area contributed by atoms with E-state index < -0.39 is 40.4 Å². The summed E-state index contributed by atoms with van der Waals surface area (Å²) >= 11 is 0. The van der Waals surface area contributed by atoms with E-state index >= 15 is 26.3 Å². The molecule has 2 aliphatic carbocycles. The molecule has 11 heteroatoms. The molecule has 9 rings (SSSR count). The highest BCUT2D eigenvalue weighted by atomic mass is 19.3. The summed E-state index contributed by atoms with van der Waals surface area (Å²) in [5.74, 6) is -4.22. The fourth-order valence-corrected chi connectivity index (χ4v) is 11.0. The van der Waals surface area contributed by atoms with Crippen LogP contribution in [0.25, 0.3) is 28.0 Å². The Labute approximate surface area is 341 Å². The van der Waals surface area contributed by atoms with Gasteiger partial charge in [-0.3, -0.25) is 0 Å². The van der Waals surface area contributed by atoms with E-state index in [0.717, 1.165) is 47.1 Å². The highest BCUT2D eigenvalue weighted by Crippen LogP contribution is 2.67. The van der Waals surface area contributed by atoms with Crippen LogP contribution in [0.2, 0.25) is 0 Å². The third-order valence-corrected chi connectivity index (χ3v) is 12.8. The molecule has 4 aliphatic rings. The number of alkyl halides is 6. The summed E-state index contributed by atoms with van der Waals surface area (Å²) in [5, 5.41) is 2.29. The Morgan fingerprint density at radius 1 is 0.712 bits per heavy atom. The van der Waals surface area contributed by atoms with Crippen molar-refractivity contribution >= 4 is 28.2 Å². The van der Waals surface area contributed by atoms with Crippen LogP contribution in [-0.4, -0.2) is 39.3 Å². The minimum atomic E-state index is -5.77. The molecule has 0 atom stereocenters. The number of hydrogen-bond donors (Lipinski definition) is 1. The summed E-state index contributed by atoms with van der Waals surface area (Å²) in [7, 11) is 3.84. The largest absolute Gasteiger partial charge is 0.497 e. The lowest BCUT2D eigenvalue weighted by molar-refractivity contribution is -0.295. The summed E-state index contributed by atoms with van der Waals surface area (Å²) < 4.78 is 111. The van der Waals surface area contributed by atoms with E-state index in [1.54, 1.807) is 19.5 Å². The Morgan fingerprint density at radius 2 is 1.27 bits per heavy atom. The average Bonchev–Trinajstić information content (AvgIpc) is 3.42. The minimum Gasteiger partial charge on any atom is -0.497 e. The quantitative estimate of drug-likeness (QED) is 0.145. The van der Waals surface area contributed by atoms with Gasteiger partial charge in [-0.05, 0) is 100 Å². The van der Waals surface area contributed by atoms with Gasteiger partial charge in [-0.1, -0.05) is 89.7 Å². The molecule has 1 saturated carbocycles. The van der Waals surface area contributed by atoms with E-state index in [1.165, 1.54) is 12.1 Å². The standard InChI is InChI=1S/C47H44F6N2O3.CH4/c1-41(2)24-42(3,4)26-43(25-41)35-11-9-8-10-31(35)38-33-22-36-37(55(5)47(52,53)45(48,49)46(50,51)54-36)23-34(33)40-32(39(38)43)20-21-44(58-40,27-12-16-29(56-6)17-13-27)28-14-18-30(57-7)19-15-28;/h8-23,54H,24-26H2,1-7H3;1H4. The highest BCUT2D eigenvalue weighted by molar-refractivity contribution is 6.11. The molecule has 1 fully saturated rings. The molecule has 5 aromatic rings. The Morgan fingerprint density at radius 3 is 1.83 bits per heavy atom. The van der Waals surface area contributed by atoms with Gasteiger partial charge < -0.3 is 24.4 Å². The van der Waals surface area contributed by atoms with Crippen LogP contribution in [0, 0.1) is 10.8 Å². The van der Waals surface area contributed by atoms with Gasteiger partial charge in [0.1, 0.15) is 17.2 Å². The summed E-state index contributed by atoms with van der Waals surface area (Å²) in [5.41, 5.74) is 2.53. The molecule has 5 nitrogen and oxygen atoms in total. The van der Waals surface area contributed by atoms with Gasteiger partial charge in [0.2, 0.25) is 0 Å². The van der Waals surface area contributed by atoms with E-state index in [0.29, 0.717) is 46.2 Å². The molecule has 1 N–H and O–H groups in total. The molecule has 59 heavy (non-hydrogen) atoms. The molecule has 0 aromatic heterocycles. The molecule has 0 unspecified atom stereocenters. The predicted molar refractivity (Wildman–Crippen MR) is 222 cm³/mol. The predicted octanol–water partition coefficient (Wildman–Crippen LogP) is 13.0. The van der Waals surface area contributed by atoms with Crippen LogP contribution in [0.15, 0.2) is 91.0 Å². The zero-order chi connectivity index (χ0) is 41.4. The van der Waals surface area contributed by atoms with Crippen LogP contribution in [-0.2, 0) is 11.0 Å². The number of hydrogen-bond acceptors (Lipinski definition) is 5. The van der Waals surface area contributed by atoms with Gasteiger partial charge in [-0.15, -0.1) is 0 Å². The molecule has 0 amide bonds. The van der Waals surface area contributed by atoms with Gasteiger partial charge in [-0.25, -0.2) is 0 Å². The SMILES string of the molecule is C.COc1ccc(C2(c3ccc(OC)cc3)C=Cc3c4c(c5cc6c(cc5c3O2)N(C)C(F)(F)C(F)(F)C(F)(F)N6)-c2ccccc2C42CC(C)(C)CC(C)(C)C2)cc1. The zero-order valence-corrected chi connectivity index (χ0v) is 33.3. The fourth-order valence-electron chi connectivity index (χ4n) is 11.0. The lowest BCUT2D eigenvalue weighted by Crippen LogP contribution is -2.62. The summed E-state index contributed by atoms with van der Waals surface area (Å²) in [6, 6.07) is 14.8. The second-order valence-corrected chi connectivity index (χ2v) is 17.9. The molecule has 1 spiro atoms. The van der Waals surface area contributed by atoms with Gasteiger partial charge in [0.15, 0.2) is 5.60 Å². The maximum Gasteiger partial charge on any atom is 0.411 e. The Bertz CT molecular complexity index is 2460. The monoisotopic (exact) mass is 814 g/mol. The normalized spacial score (nSPS) is 21.4. The smallest absolute Gasteiger partial charge is 0.411 e. The Hall–Kier alpha value is -5.32. The van der Waals surface area contributed by atoms with Gasteiger partial charge in [0.05, 0.1) is 25.6 Å². The van der Waals surface area contributed by atoms with E-state index in [-0.39, 0.29) is 23.2 Å². The van der Waals surface area contributed by atoms with Crippen LogP contribution >= 0.6 is 0 Å². The number of nitrogens with one attached hydrogen (secondary N) is 1. The van der Waals surface area contributed by atoms with Gasteiger partial charge >= 0.3 is 18.0 Å².